The Kier molecular flexibility index (Phi) is 8.84. The van der Waals surface area contributed by atoms with Gasteiger partial charge < -0.3 is 4.74 Å². The summed E-state index contributed by atoms with van der Waals surface area (Å²) in [6.45, 7) is 16.7. The molecule has 0 aliphatic heterocycles. The van der Waals surface area contributed by atoms with Crippen molar-refractivity contribution in [2.45, 2.75) is 75.5 Å². The number of pyridine rings is 1. The molecule has 4 aliphatic carbocycles. The van der Waals surface area contributed by atoms with E-state index in [1.54, 1.807) is 22.8 Å². The van der Waals surface area contributed by atoms with E-state index >= 15 is 0 Å². The van der Waals surface area contributed by atoms with Crippen molar-refractivity contribution in [3.8, 4) is 62.1 Å². The Morgan fingerprint density at radius 1 is 0.444 bits per heavy atom. The second-order valence-corrected chi connectivity index (χ2v) is 26.6. The van der Waals surface area contributed by atoms with Crippen molar-refractivity contribution in [1.29, 1.82) is 0 Å². The lowest BCUT2D eigenvalue weighted by atomic mass is 9.43. The van der Waals surface area contributed by atoms with Crippen molar-refractivity contribution in [2.75, 3.05) is 0 Å². The highest BCUT2D eigenvalue weighted by atomic mass is 16.5. The summed E-state index contributed by atoms with van der Waals surface area (Å²) in [5.41, 5.74) is 15.2. The van der Waals surface area contributed by atoms with Crippen molar-refractivity contribution >= 4 is 32.8 Å². The maximum Gasteiger partial charge on any atom is 0.269 e. The molecular weight excluding hydrogens is 1090 g/mol. The van der Waals surface area contributed by atoms with Gasteiger partial charge in [0.2, 0.25) is 0 Å². The van der Waals surface area contributed by atoms with Gasteiger partial charge in [-0.15, -0.1) is 0 Å². The summed E-state index contributed by atoms with van der Waals surface area (Å²) in [4.78, 5) is 4.92. The summed E-state index contributed by atoms with van der Waals surface area (Å²) >= 11 is 0. The molecule has 5 unspecified atom stereocenters. The minimum atomic E-state index is -0.575. The molecule has 432 valence electrons. The third-order valence-corrected chi connectivity index (χ3v) is 21.7. The highest BCUT2D eigenvalue weighted by molar-refractivity contribution is 6.09. The SMILES string of the molecule is [2H]c1c([2H])c([2H])c(-c2cccc(-c3c([2H])c([2H])c([2H])c([2H])c3[2H])c2-[n+]2[c-]n(-c3cccc(Oc4ccc5c6ccccc6n(-c6cc(C(C)(C)C)ccn6)c5c4)c3)c3cc(-c4ccc5c(c4)C4(C)c6ccccc6C6(C)c7ccccc7C7(C)c8ccccc8C5(C)C764)ccc32)c([2H])c1[2H]. The number of rotatable bonds is 8. The Morgan fingerprint density at radius 3 is 1.58 bits per heavy atom. The van der Waals surface area contributed by atoms with Crippen LogP contribution in [0.3, 0.4) is 0 Å². The van der Waals surface area contributed by atoms with Crippen molar-refractivity contribution in [1.82, 2.24) is 14.1 Å². The lowest BCUT2D eigenvalue weighted by Gasteiger charge is -2.57. The van der Waals surface area contributed by atoms with Crippen LogP contribution in [0.25, 0.3) is 83.4 Å². The third kappa shape index (κ3) is 6.51. The number of para-hydroxylation sites is 2. The van der Waals surface area contributed by atoms with Crippen LogP contribution >= 0.6 is 0 Å². The number of imidazole rings is 1. The Labute approximate surface area is 539 Å². The van der Waals surface area contributed by atoms with Crippen molar-refractivity contribution in [3.05, 3.63) is 329 Å². The molecule has 5 heteroatoms. The second kappa shape index (κ2) is 18.4. The zero-order chi connectivity index (χ0) is 69.4. The van der Waals surface area contributed by atoms with Crippen LogP contribution in [0.1, 0.15) is 112 Å². The number of benzene rings is 11. The van der Waals surface area contributed by atoms with Crippen LogP contribution in [0.4, 0.5) is 0 Å². The van der Waals surface area contributed by atoms with E-state index in [9.17, 15) is 5.48 Å². The standard InChI is InChI=1S/C85H66N4O/c1-80(2,3)58-46-47-86-78(50-58)89-74-39-21-14-30-64(74)65-43-42-61(52-76(65)89)90-60-29-22-28-59(51-60)87-53-88(79-62(54-24-10-8-11-25-54)31-23-32-63(79)55-26-12-9-13-27-55)75-45-41-57(49-77(75)87)56-40-44-72-73(48-56)84(7)71-38-20-19-37-70(71)82(5)67-34-16-15-33-66(67)81(4)68-35-17-18-36-69(68)83(72,6)85(81,82)84/h8-52H,1-7H3/i8D,9D,10D,11D,12D,13D,24D,25D,26D,27D. The van der Waals surface area contributed by atoms with Gasteiger partial charge >= 0.3 is 0 Å². The van der Waals surface area contributed by atoms with Gasteiger partial charge in [-0.1, -0.05) is 248 Å². The molecule has 1 spiro atoms. The first-order chi connectivity index (χ1) is 47.9. The Morgan fingerprint density at radius 2 is 0.967 bits per heavy atom. The van der Waals surface area contributed by atoms with Crippen molar-refractivity contribution < 1.29 is 23.0 Å². The van der Waals surface area contributed by atoms with E-state index in [2.05, 4.69) is 193 Å². The van der Waals surface area contributed by atoms with Gasteiger partial charge in [-0.2, -0.15) is 0 Å². The van der Waals surface area contributed by atoms with Crippen LogP contribution in [-0.2, 0) is 27.1 Å². The fourth-order valence-electron chi connectivity index (χ4n) is 18.5. The second-order valence-electron chi connectivity index (χ2n) is 26.6. The predicted octanol–water partition coefficient (Wildman–Crippen LogP) is 19.9. The summed E-state index contributed by atoms with van der Waals surface area (Å²) in [6, 6.07) is 66.6. The van der Waals surface area contributed by atoms with E-state index in [-0.39, 0.29) is 33.4 Å². The van der Waals surface area contributed by atoms with Gasteiger partial charge in [-0.3, -0.25) is 13.7 Å². The molecule has 18 rings (SSSR count). The molecule has 4 aliphatic rings. The largest absolute Gasteiger partial charge is 0.458 e. The quantitative estimate of drug-likeness (QED) is 0.112. The topological polar surface area (TPSA) is 35.9 Å². The maximum atomic E-state index is 9.44. The maximum absolute atomic E-state index is 9.44. The van der Waals surface area contributed by atoms with Crippen LogP contribution in [0, 0.1) is 11.7 Å². The Bertz CT molecular complexity index is 5820. The fourth-order valence-corrected chi connectivity index (χ4v) is 18.5. The summed E-state index contributed by atoms with van der Waals surface area (Å²) < 4.78 is 104. The van der Waals surface area contributed by atoms with Crippen LogP contribution in [0.2, 0.25) is 0 Å². The first kappa shape index (κ1) is 43.3. The van der Waals surface area contributed by atoms with Gasteiger partial charge in [0, 0.05) is 50.1 Å². The third-order valence-electron chi connectivity index (χ3n) is 21.7. The Balaban J connectivity index is 0.871. The van der Waals surface area contributed by atoms with Crippen molar-refractivity contribution in [2.24, 2.45) is 5.41 Å². The molecule has 0 radical (unpaired) electrons. The molecule has 0 saturated carbocycles. The predicted molar refractivity (Wildman–Crippen MR) is 365 cm³/mol. The molecule has 0 N–H and O–H groups in total. The molecule has 0 amide bonds. The molecular formula is C85H66N4O. The summed E-state index contributed by atoms with van der Waals surface area (Å²) in [7, 11) is 0. The molecule has 11 aromatic carbocycles. The molecule has 5 atom stereocenters. The van der Waals surface area contributed by atoms with E-state index in [4.69, 9.17) is 17.9 Å². The summed E-state index contributed by atoms with van der Waals surface area (Å²) in [5.74, 6) is 1.87. The smallest absolute Gasteiger partial charge is 0.269 e. The highest BCUT2D eigenvalue weighted by Crippen LogP contribution is 2.90. The number of nitrogens with zero attached hydrogens (tertiary/aromatic N) is 4. The molecule has 3 heterocycles. The number of hydrogen-bond donors (Lipinski definition) is 0. The molecule has 5 nitrogen and oxygen atoms in total. The van der Waals surface area contributed by atoms with Crippen LogP contribution in [-0.4, -0.2) is 14.1 Å². The van der Waals surface area contributed by atoms with Gasteiger partial charge in [0.15, 0.2) is 0 Å². The molecule has 0 fully saturated rings. The average Bonchev–Trinajstić information content (AvgIpc) is 1.41. The Hall–Kier alpha value is -10.4. The molecule has 14 aromatic rings. The highest BCUT2D eigenvalue weighted by Gasteiger charge is 2.89. The zero-order valence-electron chi connectivity index (χ0n) is 60.9. The van der Waals surface area contributed by atoms with E-state index in [1.807, 2.05) is 65.4 Å². The zero-order valence-corrected chi connectivity index (χ0v) is 50.9. The summed E-state index contributed by atoms with van der Waals surface area (Å²) in [5, 5.41) is 2.11. The average molecular weight is 1170 g/mol. The van der Waals surface area contributed by atoms with Crippen molar-refractivity contribution in [3.63, 3.8) is 0 Å². The number of fused-ring (bicyclic) bond motifs is 16. The normalized spacial score (nSPS) is 23.1. The van der Waals surface area contributed by atoms with Gasteiger partial charge in [-0.25, -0.2) is 4.98 Å². The summed E-state index contributed by atoms with van der Waals surface area (Å²) in [6.07, 6.45) is 5.54. The van der Waals surface area contributed by atoms with E-state index < -0.39 is 87.5 Å². The first-order valence-corrected chi connectivity index (χ1v) is 30.9. The number of hydrogen-bond acceptors (Lipinski definition) is 2. The first-order valence-electron chi connectivity index (χ1n) is 35.9. The minimum absolute atomic E-state index is 0.122. The van der Waals surface area contributed by atoms with Crippen LogP contribution < -0.4 is 9.30 Å². The molecule has 0 saturated heterocycles. The number of aromatic nitrogens is 4. The minimum Gasteiger partial charge on any atom is -0.458 e. The van der Waals surface area contributed by atoms with E-state index in [0.717, 1.165) is 44.3 Å². The van der Waals surface area contributed by atoms with E-state index in [1.165, 1.54) is 44.5 Å². The van der Waals surface area contributed by atoms with E-state index in [0.29, 0.717) is 28.2 Å². The number of ether oxygens (including phenoxy) is 1. The molecule has 0 bridgehead atoms. The molecule has 3 aromatic heterocycles. The van der Waals surface area contributed by atoms with Gasteiger partial charge in [-0.05, 0) is 150 Å². The monoisotopic (exact) mass is 1170 g/mol. The lowest BCUT2D eigenvalue weighted by Crippen LogP contribution is -2.60. The van der Waals surface area contributed by atoms with Gasteiger partial charge in [0.05, 0.1) is 47.1 Å². The molecule has 90 heavy (non-hydrogen) atoms. The van der Waals surface area contributed by atoms with Gasteiger partial charge in [0.1, 0.15) is 17.3 Å². The lowest BCUT2D eigenvalue weighted by molar-refractivity contribution is -0.571. The van der Waals surface area contributed by atoms with Crippen LogP contribution in [0.5, 0.6) is 11.5 Å². The van der Waals surface area contributed by atoms with Gasteiger partial charge in [0.25, 0.3) is 6.33 Å². The fraction of sp³-hybridized carbons (Fsp3) is 0.153. The van der Waals surface area contributed by atoms with Crippen LogP contribution in [0.15, 0.2) is 273 Å².